The van der Waals surface area contributed by atoms with Crippen LogP contribution in [0.25, 0.3) is 0 Å². The predicted octanol–water partition coefficient (Wildman–Crippen LogP) is 1.50. The molecule has 2 aromatic rings. The van der Waals surface area contributed by atoms with Crippen molar-refractivity contribution in [3.05, 3.63) is 41.7 Å². The normalized spacial score (nSPS) is 10.4. The van der Waals surface area contributed by atoms with E-state index in [-0.39, 0.29) is 12.2 Å². The van der Waals surface area contributed by atoms with Gasteiger partial charge in [-0.1, -0.05) is 5.21 Å². The summed E-state index contributed by atoms with van der Waals surface area (Å²) >= 11 is 0. The number of carbonyl (C=O) groups is 1. The number of halogens is 2. The summed E-state index contributed by atoms with van der Waals surface area (Å²) in [6.07, 6.45) is 1.50. The smallest absolute Gasteiger partial charge is 0.246 e. The van der Waals surface area contributed by atoms with E-state index in [9.17, 15) is 13.6 Å². The van der Waals surface area contributed by atoms with Gasteiger partial charge in [-0.15, -0.1) is 5.10 Å². The maximum Gasteiger partial charge on any atom is 0.246 e. The molecule has 0 fully saturated rings. The number of rotatable bonds is 3. The lowest BCUT2D eigenvalue weighted by Gasteiger charge is -2.07. The SMILES string of the molecule is Cc1cnnn1CC(=O)Nc1cc(F)ccc1F. The lowest BCUT2D eigenvalue weighted by Crippen LogP contribution is -2.21. The minimum atomic E-state index is -0.694. The maximum atomic E-state index is 13.3. The van der Waals surface area contributed by atoms with Crippen molar-refractivity contribution in [3.63, 3.8) is 0 Å². The highest BCUT2D eigenvalue weighted by Gasteiger charge is 2.10. The largest absolute Gasteiger partial charge is 0.322 e. The molecule has 0 aliphatic rings. The number of amides is 1. The number of carbonyl (C=O) groups excluding carboxylic acids is 1. The van der Waals surface area contributed by atoms with Gasteiger partial charge in [0.15, 0.2) is 0 Å². The van der Waals surface area contributed by atoms with Crippen molar-refractivity contribution in [3.8, 4) is 0 Å². The molecule has 94 valence electrons. The number of nitrogens with one attached hydrogen (secondary N) is 1. The van der Waals surface area contributed by atoms with Crippen LogP contribution in [0.2, 0.25) is 0 Å². The van der Waals surface area contributed by atoms with Crippen LogP contribution >= 0.6 is 0 Å². The van der Waals surface area contributed by atoms with Crippen LogP contribution in [0.4, 0.5) is 14.5 Å². The Morgan fingerprint density at radius 3 is 2.89 bits per heavy atom. The van der Waals surface area contributed by atoms with Gasteiger partial charge in [0.25, 0.3) is 0 Å². The van der Waals surface area contributed by atoms with Gasteiger partial charge in [-0.25, -0.2) is 13.5 Å². The summed E-state index contributed by atoms with van der Waals surface area (Å²) in [4.78, 5) is 11.6. The van der Waals surface area contributed by atoms with Crippen molar-refractivity contribution in [2.75, 3.05) is 5.32 Å². The molecule has 0 aliphatic carbocycles. The first-order valence-corrected chi connectivity index (χ1v) is 5.16. The molecular formula is C11H10F2N4O. The Bertz CT molecular complexity index is 582. The number of hydrogen-bond acceptors (Lipinski definition) is 3. The summed E-state index contributed by atoms with van der Waals surface area (Å²) in [5, 5.41) is 9.56. The number of nitrogens with zero attached hydrogens (tertiary/aromatic N) is 3. The van der Waals surface area contributed by atoms with Crippen LogP contribution in [0, 0.1) is 18.6 Å². The average molecular weight is 252 g/mol. The second kappa shape index (κ2) is 4.91. The minimum Gasteiger partial charge on any atom is -0.322 e. The van der Waals surface area contributed by atoms with E-state index in [0.717, 1.165) is 18.2 Å². The third-order valence-corrected chi connectivity index (χ3v) is 2.31. The van der Waals surface area contributed by atoms with E-state index >= 15 is 0 Å². The van der Waals surface area contributed by atoms with Gasteiger partial charge in [-0.3, -0.25) is 4.79 Å². The highest BCUT2D eigenvalue weighted by Crippen LogP contribution is 2.15. The van der Waals surface area contributed by atoms with Crippen LogP contribution in [-0.2, 0) is 11.3 Å². The molecule has 0 saturated carbocycles. The summed E-state index contributed by atoms with van der Waals surface area (Å²) in [6, 6.07) is 2.85. The number of aromatic nitrogens is 3. The van der Waals surface area contributed by atoms with Crippen LogP contribution in [0.1, 0.15) is 5.69 Å². The number of aryl methyl sites for hydroxylation is 1. The van der Waals surface area contributed by atoms with Crippen LogP contribution in [0.15, 0.2) is 24.4 Å². The fourth-order valence-electron chi connectivity index (χ4n) is 1.38. The van der Waals surface area contributed by atoms with Crippen LogP contribution in [0.5, 0.6) is 0 Å². The van der Waals surface area contributed by atoms with E-state index in [0.29, 0.717) is 5.69 Å². The molecule has 1 aromatic heterocycles. The fourth-order valence-corrected chi connectivity index (χ4v) is 1.38. The van der Waals surface area contributed by atoms with Crippen molar-refractivity contribution in [1.29, 1.82) is 0 Å². The molecule has 0 saturated heterocycles. The lowest BCUT2D eigenvalue weighted by atomic mass is 10.3. The monoisotopic (exact) mass is 252 g/mol. The molecule has 1 N–H and O–H groups in total. The van der Waals surface area contributed by atoms with E-state index in [2.05, 4.69) is 15.6 Å². The van der Waals surface area contributed by atoms with Crippen molar-refractivity contribution in [2.45, 2.75) is 13.5 Å². The van der Waals surface area contributed by atoms with E-state index < -0.39 is 17.5 Å². The van der Waals surface area contributed by atoms with Crippen molar-refractivity contribution < 1.29 is 13.6 Å². The fraction of sp³-hybridized carbons (Fsp3) is 0.182. The van der Waals surface area contributed by atoms with Crippen molar-refractivity contribution in [2.24, 2.45) is 0 Å². The highest BCUT2D eigenvalue weighted by atomic mass is 19.1. The molecule has 1 aromatic carbocycles. The average Bonchev–Trinajstić information content (AvgIpc) is 2.70. The second-order valence-corrected chi connectivity index (χ2v) is 3.71. The Morgan fingerprint density at radius 1 is 1.44 bits per heavy atom. The van der Waals surface area contributed by atoms with E-state index in [1.165, 1.54) is 10.9 Å². The maximum absolute atomic E-state index is 13.3. The Balaban J connectivity index is 2.08. The third-order valence-electron chi connectivity index (χ3n) is 2.31. The molecule has 0 unspecified atom stereocenters. The molecule has 0 radical (unpaired) electrons. The highest BCUT2D eigenvalue weighted by molar-refractivity contribution is 5.90. The summed E-state index contributed by atoms with van der Waals surface area (Å²) < 4.78 is 27.5. The van der Waals surface area contributed by atoms with Gasteiger partial charge in [0.1, 0.15) is 18.2 Å². The van der Waals surface area contributed by atoms with Crippen molar-refractivity contribution >= 4 is 11.6 Å². The Kier molecular flexibility index (Phi) is 3.31. The molecule has 0 atom stereocenters. The van der Waals surface area contributed by atoms with Crippen molar-refractivity contribution in [1.82, 2.24) is 15.0 Å². The summed E-state index contributed by atoms with van der Waals surface area (Å²) in [6.45, 7) is 1.62. The quantitative estimate of drug-likeness (QED) is 0.900. The minimum absolute atomic E-state index is 0.109. The van der Waals surface area contributed by atoms with Gasteiger partial charge >= 0.3 is 0 Å². The molecule has 7 heteroatoms. The Morgan fingerprint density at radius 2 is 2.22 bits per heavy atom. The van der Waals surface area contributed by atoms with Gasteiger partial charge in [0, 0.05) is 6.07 Å². The second-order valence-electron chi connectivity index (χ2n) is 3.71. The topological polar surface area (TPSA) is 59.8 Å². The van der Waals surface area contributed by atoms with Gasteiger partial charge in [-0.05, 0) is 19.1 Å². The van der Waals surface area contributed by atoms with Crippen LogP contribution in [-0.4, -0.2) is 20.9 Å². The zero-order valence-corrected chi connectivity index (χ0v) is 9.52. The third kappa shape index (κ3) is 2.68. The summed E-state index contributed by atoms with van der Waals surface area (Å²) in [5.41, 5.74) is 0.502. The molecule has 0 spiro atoms. The van der Waals surface area contributed by atoms with E-state index in [1.807, 2.05) is 0 Å². The molecule has 2 rings (SSSR count). The standard InChI is InChI=1S/C11H10F2N4O/c1-7-5-14-16-17(7)6-11(18)15-10-4-8(12)2-3-9(10)13/h2-5H,6H2,1H3,(H,15,18). The molecule has 1 amide bonds. The summed E-state index contributed by atoms with van der Waals surface area (Å²) in [7, 11) is 0. The number of anilines is 1. The van der Waals surface area contributed by atoms with Gasteiger partial charge in [0.05, 0.1) is 17.6 Å². The van der Waals surface area contributed by atoms with E-state index in [4.69, 9.17) is 0 Å². The number of benzene rings is 1. The zero-order chi connectivity index (χ0) is 13.1. The molecule has 0 bridgehead atoms. The molecular weight excluding hydrogens is 242 g/mol. The van der Waals surface area contributed by atoms with Crippen LogP contribution < -0.4 is 5.32 Å². The first-order chi connectivity index (χ1) is 8.56. The van der Waals surface area contributed by atoms with E-state index in [1.54, 1.807) is 6.92 Å². The van der Waals surface area contributed by atoms with Gasteiger partial charge in [-0.2, -0.15) is 0 Å². The lowest BCUT2D eigenvalue weighted by molar-refractivity contribution is -0.117. The Labute approximate surface area is 101 Å². The zero-order valence-electron chi connectivity index (χ0n) is 9.52. The predicted molar refractivity (Wildman–Crippen MR) is 59.7 cm³/mol. The number of hydrogen-bond donors (Lipinski definition) is 1. The molecule has 0 aliphatic heterocycles. The summed E-state index contributed by atoms with van der Waals surface area (Å²) in [5.74, 6) is -1.82. The van der Waals surface area contributed by atoms with Crippen LogP contribution in [0.3, 0.4) is 0 Å². The molecule has 18 heavy (non-hydrogen) atoms. The first-order valence-electron chi connectivity index (χ1n) is 5.16. The van der Waals surface area contributed by atoms with Gasteiger partial charge in [0.2, 0.25) is 5.91 Å². The molecule has 5 nitrogen and oxygen atoms in total. The molecule has 1 heterocycles. The van der Waals surface area contributed by atoms with Gasteiger partial charge < -0.3 is 5.32 Å². The first kappa shape index (κ1) is 12.2. The Hall–Kier alpha value is -2.31.